The Bertz CT molecular complexity index is 884. The zero-order valence-corrected chi connectivity index (χ0v) is 17.2. The second-order valence-electron chi connectivity index (χ2n) is 7.89. The molecule has 8 nitrogen and oxygen atoms in total. The smallest absolute Gasteiger partial charge is 0.314 e. The van der Waals surface area contributed by atoms with Gasteiger partial charge in [0.2, 0.25) is 5.91 Å². The Hall–Kier alpha value is -2.32. The number of carbonyl (C=O) groups excluding carboxylic acids is 2. The van der Waals surface area contributed by atoms with Crippen LogP contribution in [0.3, 0.4) is 0 Å². The largest absolute Gasteiger partial charge is 0.351 e. The van der Waals surface area contributed by atoms with E-state index in [0.29, 0.717) is 23.9 Å². The molecule has 0 atom stereocenters. The average molecular weight is 419 g/mol. The molecule has 9 heteroatoms. The molecule has 0 unspecified atom stereocenters. The standard InChI is InChI=1S/C20H27ClN6O2/c21-17-12-14(11-15-13-23-24-19(15)17)1-2-18(28)26-9-7-25(8-10-26)16-3-5-27(6-4-16)20(22)29/h11-13,16H,1-10H2,(H2,22,29)(H,23,24). The van der Waals surface area contributed by atoms with Crippen molar-refractivity contribution >= 4 is 34.4 Å². The van der Waals surface area contributed by atoms with Crippen molar-refractivity contribution in [1.29, 1.82) is 0 Å². The van der Waals surface area contributed by atoms with Gasteiger partial charge in [-0.25, -0.2) is 4.79 Å². The molecule has 0 radical (unpaired) electrons. The number of hydrogen-bond donors (Lipinski definition) is 2. The summed E-state index contributed by atoms with van der Waals surface area (Å²) >= 11 is 6.28. The third-order valence-corrected chi connectivity index (χ3v) is 6.45. The quantitative estimate of drug-likeness (QED) is 0.791. The van der Waals surface area contributed by atoms with Crippen LogP contribution >= 0.6 is 11.6 Å². The van der Waals surface area contributed by atoms with Gasteiger partial charge in [-0.15, -0.1) is 0 Å². The molecular formula is C20H27ClN6O2. The Kier molecular flexibility index (Phi) is 5.91. The van der Waals surface area contributed by atoms with Crippen LogP contribution in [0.15, 0.2) is 18.3 Å². The molecule has 2 aromatic rings. The van der Waals surface area contributed by atoms with Crippen molar-refractivity contribution in [3.63, 3.8) is 0 Å². The summed E-state index contributed by atoms with van der Waals surface area (Å²) in [5.41, 5.74) is 7.25. The highest BCUT2D eigenvalue weighted by atomic mass is 35.5. The molecule has 2 aliphatic rings. The molecule has 4 rings (SSSR count). The lowest BCUT2D eigenvalue weighted by molar-refractivity contribution is -0.133. The minimum atomic E-state index is -0.327. The number of aromatic nitrogens is 2. The van der Waals surface area contributed by atoms with Gasteiger partial charge < -0.3 is 15.5 Å². The highest BCUT2D eigenvalue weighted by Crippen LogP contribution is 2.24. The predicted molar refractivity (Wildman–Crippen MR) is 112 cm³/mol. The monoisotopic (exact) mass is 418 g/mol. The van der Waals surface area contributed by atoms with Crippen LogP contribution in [0.5, 0.6) is 0 Å². The molecule has 156 valence electrons. The van der Waals surface area contributed by atoms with E-state index in [1.54, 1.807) is 11.1 Å². The van der Waals surface area contributed by atoms with Crippen molar-refractivity contribution in [2.75, 3.05) is 39.3 Å². The summed E-state index contributed by atoms with van der Waals surface area (Å²) in [7, 11) is 0. The lowest BCUT2D eigenvalue weighted by atomic mass is 10.0. The number of carbonyl (C=O) groups is 2. The van der Waals surface area contributed by atoms with E-state index in [9.17, 15) is 9.59 Å². The summed E-state index contributed by atoms with van der Waals surface area (Å²) in [4.78, 5) is 30.1. The fraction of sp³-hybridized carbons (Fsp3) is 0.550. The molecule has 1 aromatic carbocycles. The van der Waals surface area contributed by atoms with Gasteiger partial charge in [0.15, 0.2) is 0 Å². The van der Waals surface area contributed by atoms with Crippen LogP contribution < -0.4 is 5.73 Å². The van der Waals surface area contributed by atoms with Gasteiger partial charge >= 0.3 is 6.03 Å². The average Bonchev–Trinajstić information content (AvgIpc) is 3.21. The van der Waals surface area contributed by atoms with Gasteiger partial charge in [0.05, 0.1) is 16.7 Å². The number of nitrogens with one attached hydrogen (secondary N) is 1. The van der Waals surface area contributed by atoms with Crippen LogP contribution in [-0.2, 0) is 11.2 Å². The highest BCUT2D eigenvalue weighted by molar-refractivity contribution is 6.35. The summed E-state index contributed by atoms with van der Waals surface area (Å²) < 4.78 is 0. The molecule has 2 fully saturated rings. The SMILES string of the molecule is NC(=O)N1CCC(N2CCN(C(=O)CCc3cc(Cl)c4[nH]ncc4c3)CC2)CC1. The van der Waals surface area contributed by atoms with Crippen LogP contribution in [0.4, 0.5) is 4.79 Å². The molecule has 1 aromatic heterocycles. The summed E-state index contributed by atoms with van der Waals surface area (Å²) in [6.07, 6.45) is 4.81. The number of halogens is 1. The molecule has 2 aliphatic heterocycles. The minimum Gasteiger partial charge on any atom is -0.351 e. The zero-order chi connectivity index (χ0) is 20.4. The van der Waals surface area contributed by atoms with E-state index in [1.807, 2.05) is 17.0 Å². The Labute approximate surface area is 174 Å². The van der Waals surface area contributed by atoms with Gasteiger partial charge in [0.25, 0.3) is 0 Å². The molecule has 0 bridgehead atoms. The molecule has 29 heavy (non-hydrogen) atoms. The van der Waals surface area contributed by atoms with E-state index < -0.39 is 0 Å². The maximum absolute atomic E-state index is 12.7. The first-order chi connectivity index (χ1) is 14.0. The van der Waals surface area contributed by atoms with Crippen LogP contribution in [0.25, 0.3) is 10.9 Å². The predicted octanol–water partition coefficient (Wildman–Crippen LogP) is 1.84. The number of aromatic amines is 1. The number of nitrogens with zero attached hydrogens (tertiary/aromatic N) is 4. The number of rotatable bonds is 4. The van der Waals surface area contributed by atoms with Gasteiger partial charge in [-0.3, -0.25) is 14.8 Å². The number of fused-ring (bicyclic) bond motifs is 1. The summed E-state index contributed by atoms with van der Waals surface area (Å²) in [6, 6.07) is 4.10. The van der Waals surface area contributed by atoms with Gasteiger partial charge in [-0.1, -0.05) is 11.6 Å². The molecule has 2 saturated heterocycles. The molecule has 3 N–H and O–H groups in total. The topological polar surface area (TPSA) is 98.6 Å². The normalized spacial score (nSPS) is 19.1. The van der Waals surface area contributed by atoms with Crippen molar-refractivity contribution in [1.82, 2.24) is 24.9 Å². The number of amides is 3. The first kappa shape index (κ1) is 20.0. The highest BCUT2D eigenvalue weighted by Gasteiger charge is 2.29. The van der Waals surface area contributed by atoms with Crippen molar-refractivity contribution in [2.45, 2.75) is 31.7 Å². The first-order valence-electron chi connectivity index (χ1n) is 10.2. The summed E-state index contributed by atoms with van der Waals surface area (Å²) in [6.45, 7) is 4.75. The molecule has 0 saturated carbocycles. The number of piperidine rings is 1. The van der Waals surface area contributed by atoms with E-state index in [4.69, 9.17) is 17.3 Å². The number of primary amides is 1. The van der Waals surface area contributed by atoms with E-state index in [2.05, 4.69) is 15.1 Å². The van der Waals surface area contributed by atoms with E-state index in [1.165, 1.54) is 0 Å². The lowest BCUT2D eigenvalue weighted by Gasteiger charge is -2.42. The number of urea groups is 1. The van der Waals surface area contributed by atoms with E-state index in [0.717, 1.165) is 68.6 Å². The summed E-state index contributed by atoms with van der Waals surface area (Å²) in [5.74, 6) is 0.191. The maximum atomic E-state index is 12.7. The van der Waals surface area contributed by atoms with Gasteiger partial charge in [0, 0.05) is 57.1 Å². The first-order valence-corrected chi connectivity index (χ1v) is 10.6. The molecule has 3 amide bonds. The van der Waals surface area contributed by atoms with Crippen LogP contribution in [-0.4, -0.2) is 82.1 Å². The Morgan fingerprint density at radius 3 is 2.52 bits per heavy atom. The third kappa shape index (κ3) is 4.48. The maximum Gasteiger partial charge on any atom is 0.314 e. The number of H-pyrrole nitrogens is 1. The number of piperazine rings is 1. The fourth-order valence-corrected chi connectivity index (χ4v) is 4.71. The second kappa shape index (κ2) is 8.59. The molecule has 3 heterocycles. The van der Waals surface area contributed by atoms with E-state index >= 15 is 0 Å². The van der Waals surface area contributed by atoms with Crippen molar-refractivity contribution < 1.29 is 9.59 Å². The Morgan fingerprint density at radius 1 is 1.10 bits per heavy atom. The van der Waals surface area contributed by atoms with Crippen molar-refractivity contribution in [3.8, 4) is 0 Å². The molecule has 0 spiro atoms. The Balaban J connectivity index is 1.24. The van der Waals surface area contributed by atoms with E-state index in [-0.39, 0.29) is 11.9 Å². The summed E-state index contributed by atoms with van der Waals surface area (Å²) in [5, 5.41) is 8.50. The zero-order valence-electron chi connectivity index (χ0n) is 16.4. The number of likely N-dealkylation sites (tertiary alicyclic amines) is 1. The van der Waals surface area contributed by atoms with Gasteiger partial charge in [-0.2, -0.15) is 5.10 Å². The van der Waals surface area contributed by atoms with Crippen LogP contribution in [0, 0.1) is 0 Å². The fourth-order valence-electron chi connectivity index (χ4n) is 4.41. The number of nitrogens with two attached hydrogens (primary N) is 1. The Morgan fingerprint density at radius 2 is 1.83 bits per heavy atom. The number of benzene rings is 1. The third-order valence-electron chi connectivity index (χ3n) is 6.15. The van der Waals surface area contributed by atoms with Crippen molar-refractivity contribution in [3.05, 3.63) is 28.9 Å². The second-order valence-corrected chi connectivity index (χ2v) is 8.29. The van der Waals surface area contributed by atoms with Gasteiger partial charge in [-0.05, 0) is 37.0 Å². The van der Waals surface area contributed by atoms with Crippen LogP contribution in [0.1, 0.15) is 24.8 Å². The lowest BCUT2D eigenvalue weighted by Crippen LogP contribution is -2.55. The number of hydrogen-bond acceptors (Lipinski definition) is 4. The number of aryl methyl sites for hydroxylation is 1. The molecule has 0 aliphatic carbocycles. The minimum absolute atomic E-state index is 0.191. The van der Waals surface area contributed by atoms with Crippen LogP contribution in [0.2, 0.25) is 5.02 Å². The van der Waals surface area contributed by atoms with Crippen molar-refractivity contribution in [2.24, 2.45) is 5.73 Å². The molecular weight excluding hydrogens is 392 g/mol. The van der Waals surface area contributed by atoms with Gasteiger partial charge in [0.1, 0.15) is 0 Å².